The molecule has 40 heavy (non-hydrogen) atoms. The molecule has 2 aromatic rings. The molecule has 4 rings (SSSR count). The second-order valence-electron chi connectivity index (χ2n) is 9.38. The fourth-order valence-electron chi connectivity index (χ4n) is 4.22. The summed E-state index contributed by atoms with van der Waals surface area (Å²) in [6.07, 6.45) is -2.48. The third kappa shape index (κ3) is 7.00. The zero-order chi connectivity index (χ0) is 29.0. The van der Waals surface area contributed by atoms with Crippen LogP contribution >= 0.6 is 8.60 Å². The molecule has 6 atom stereocenters. The van der Waals surface area contributed by atoms with Crippen LogP contribution in [0.1, 0.15) is 42.8 Å². The van der Waals surface area contributed by atoms with Crippen molar-refractivity contribution in [2.24, 2.45) is 0 Å². The minimum atomic E-state index is -2.08. The van der Waals surface area contributed by atoms with Gasteiger partial charge in [-0.1, -0.05) is 0 Å². The molecule has 2 aromatic heterocycles. The fourth-order valence-corrected chi connectivity index (χ4v) is 5.22. The Morgan fingerprint density at radius 1 is 0.900 bits per heavy atom. The molecule has 2 aliphatic heterocycles. The van der Waals surface area contributed by atoms with Gasteiger partial charge in [0.15, 0.2) is 0 Å². The van der Waals surface area contributed by atoms with Crippen molar-refractivity contribution < 1.29 is 33.3 Å². The fraction of sp³-hybridized carbons (Fsp3) is 0.609. The average Bonchev–Trinajstić information content (AvgIpc) is 3.46. The van der Waals surface area contributed by atoms with Crippen molar-refractivity contribution in [2.75, 3.05) is 19.8 Å². The summed E-state index contributed by atoms with van der Waals surface area (Å²) < 4.78 is 30.9. The minimum Gasteiger partial charge on any atom is -0.390 e. The molecule has 218 valence electrons. The molecule has 2 saturated heterocycles. The highest BCUT2D eigenvalue weighted by Gasteiger charge is 2.38. The molecular formula is C23H30N5O11P. The van der Waals surface area contributed by atoms with Crippen LogP contribution in [0.3, 0.4) is 0 Å². The number of aromatic amines is 2. The van der Waals surface area contributed by atoms with Crippen molar-refractivity contribution in [1.82, 2.24) is 19.1 Å². The van der Waals surface area contributed by atoms with Crippen LogP contribution in [-0.2, 0) is 23.0 Å². The van der Waals surface area contributed by atoms with E-state index in [4.69, 9.17) is 28.3 Å². The highest BCUT2D eigenvalue weighted by atomic mass is 31.2. The predicted molar refractivity (Wildman–Crippen MR) is 136 cm³/mol. The number of aliphatic hydroxyl groups excluding tert-OH is 2. The summed E-state index contributed by atoms with van der Waals surface area (Å²) in [5, 5.41) is 29.8. The van der Waals surface area contributed by atoms with Gasteiger partial charge in [-0.2, -0.15) is 5.26 Å². The molecule has 0 radical (unpaired) electrons. The van der Waals surface area contributed by atoms with E-state index in [0.29, 0.717) is 11.1 Å². The van der Waals surface area contributed by atoms with Gasteiger partial charge in [0.1, 0.15) is 24.7 Å². The molecule has 0 saturated carbocycles. The molecule has 0 amide bonds. The zero-order valence-corrected chi connectivity index (χ0v) is 22.6. The number of nitrogens with zero attached hydrogens (tertiary/aromatic N) is 3. The number of aliphatic hydroxyl groups is 2. The Morgan fingerprint density at radius 3 is 1.77 bits per heavy atom. The molecule has 17 heteroatoms. The number of hydrogen-bond acceptors (Lipinski definition) is 12. The van der Waals surface area contributed by atoms with E-state index in [9.17, 15) is 29.4 Å². The first-order valence-corrected chi connectivity index (χ1v) is 13.5. The van der Waals surface area contributed by atoms with Crippen molar-refractivity contribution in [2.45, 2.75) is 70.0 Å². The Bertz CT molecular complexity index is 1360. The summed E-state index contributed by atoms with van der Waals surface area (Å²) in [5.74, 6) is 0. The summed E-state index contributed by atoms with van der Waals surface area (Å²) in [7, 11) is -2.08. The second-order valence-corrected chi connectivity index (χ2v) is 10.6. The van der Waals surface area contributed by atoms with Gasteiger partial charge in [0.05, 0.1) is 44.5 Å². The van der Waals surface area contributed by atoms with Gasteiger partial charge in [-0.15, -0.1) is 0 Å². The van der Waals surface area contributed by atoms with Gasteiger partial charge in [0.2, 0.25) is 0 Å². The van der Waals surface area contributed by atoms with Crippen LogP contribution in [0.4, 0.5) is 0 Å². The third-order valence-corrected chi connectivity index (χ3v) is 7.53. The maximum absolute atomic E-state index is 12.2. The first-order valence-electron chi connectivity index (χ1n) is 12.4. The average molecular weight is 583 g/mol. The van der Waals surface area contributed by atoms with Crippen LogP contribution in [0.5, 0.6) is 0 Å². The molecule has 2 unspecified atom stereocenters. The molecule has 2 fully saturated rings. The summed E-state index contributed by atoms with van der Waals surface area (Å²) in [6.45, 7) is 2.70. The first-order chi connectivity index (χ1) is 19.1. The standard InChI is InChI=1S/C23H30N5O11P/c1-12-8-27(22(33)25-20(12)31)18-6-14(29)16(38-18)10-36-40(35-5-3-4-24)37-11-17-15(30)7-19(39-17)28-9-13(2)21(32)26-23(28)34/h8-9,14-19,29-30H,3,5-7,10-11H2,1-2H3,(H,25,31,33)(H,26,32,34)/t14?,15?,16-,17-,18-,19-,40?/m1/s1. The summed E-state index contributed by atoms with van der Waals surface area (Å²) in [5.41, 5.74) is -1.76. The summed E-state index contributed by atoms with van der Waals surface area (Å²) in [4.78, 5) is 52.1. The van der Waals surface area contributed by atoms with Gasteiger partial charge in [0.25, 0.3) is 11.1 Å². The number of aromatic nitrogens is 4. The van der Waals surface area contributed by atoms with E-state index in [1.54, 1.807) is 0 Å². The second kappa shape index (κ2) is 13.1. The number of hydrogen-bond donors (Lipinski definition) is 4. The smallest absolute Gasteiger partial charge is 0.332 e. The highest BCUT2D eigenvalue weighted by molar-refractivity contribution is 7.41. The topological polar surface area (TPSA) is 220 Å². The minimum absolute atomic E-state index is 0.00624. The molecule has 0 spiro atoms. The van der Waals surface area contributed by atoms with Crippen LogP contribution in [-0.4, -0.2) is 73.6 Å². The Labute approximate surface area is 227 Å². The predicted octanol–water partition coefficient (Wildman–Crippen LogP) is -0.809. The SMILES string of the molecule is Cc1cn([C@H]2CC(O)[C@@H](COP(OCCC#N)OC[C@H]3O[C@@H](n4cc(C)c(=O)[nH]c4=O)CC3O)O2)c(=O)[nH]c1=O. The lowest BCUT2D eigenvalue weighted by Gasteiger charge is -2.22. The van der Waals surface area contributed by atoms with E-state index in [1.165, 1.54) is 35.4 Å². The third-order valence-electron chi connectivity index (χ3n) is 6.42. The Hall–Kier alpha value is -3.00. The number of H-pyrrole nitrogens is 2. The van der Waals surface area contributed by atoms with Crippen LogP contribution in [0.2, 0.25) is 0 Å². The maximum atomic E-state index is 12.2. The molecular weight excluding hydrogens is 553 g/mol. The number of rotatable bonds is 11. The number of ether oxygens (including phenoxy) is 2. The number of nitrogens with one attached hydrogen (secondary N) is 2. The summed E-state index contributed by atoms with van der Waals surface area (Å²) >= 11 is 0. The van der Waals surface area contributed by atoms with Gasteiger partial charge in [-0.05, 0) is 13.8 Å². The largest absolute Gasteiger partial charge is 0.390 e. The van der Waals surface area contributed by atoms with E-state index >= 15 is 0 Å². The zero-order valence-electron chi connectivity index (χ0n) is 21.7. The first kappa shape index (κ1) is 30.0. The van der Waals surface area contributed by atoms with Crippen molar-refractivity contribution in [3.63, 3.8) is 0 Å². The van der Waals surface area contributed by atoms with E-state index in [2.05, 4.69) is 9.97 Å². The lowest BCUT2D eigenvalue weighted by Crippen LogP contribution is -2.33. The Balaban J connectivity index is 1.35. The normalized spacial score (nSPS) is 27.1. The monoisotopic (exact) mass is 583 g/mol. The Morgan fingerprint density at radius 2 is 1.35 bits per heavy atom. The maximum Gasteiger partial charge on any atom is 0.332 e. The van der Waals surface area contributed by atoms with Crippen molar-refractivity contribution in [3.8, 4) is 6.07 Å². The van der Waals surface area contributed by atoms with Crippen LogP contribution in [0.15, 0.2) is 31.6 Å². The van der Waals surface area contributed by atoms with E-state index in [1.807, 2.05) is 6.07 Å². The van der Waals surface area contributed by atoms with Gasteiger partial charge < -0.3 is 33.3 Å². The van der Waals surface area contributed by atoms with Crippen molar-refractivity contribution in [3.05, 3.63) is 65.2 Å². The lowest BCUT2D eigenvalue weighted by atomic mass is 10.2. The quantitative estimate of drug-likeness (QED) is 0.188. The molecule has 4 heterocycles. The van der Waals surface area contributed by atoms with Crippen LogP contribution in [0.25, 0.3) is 0 Å². The molecule has 0 aromatic carbocycles. The molecule has 4 N–H and O–H groups in total. The number of aryl methyl sites for hydroxylation is 2. The van der Waals surface area contributed by atoms with Crippen molar-refractivity contribution >= 4 is 8.60 Å². The van der Waals surface area contributed by atoms with Gasteiger partial charge >= 0.3 is 20.0 Å². The van der Waals surface area contributed by atoms with Gasteiger partial charge in [-0.25, -0.2) is 9.59 Å². The summed E-state index contributed by atoms with van der Waals surface area (Å²) in [6, 6.07) is 1.94. The van der Waals surface area contributed by atoms with Gasteiger partial charge in [-0.3, -0.25) is 28.7 Å². The lowest BCUT2D eigenvalue weighted by molar-refractivity contribution is -0.0549. The van der Waals surface area contributed by atoms with Crippen molar-refractivity contribution in [1.29, 1.82) is 5.26 Å². The van der Waals surface area contributed by atoms with E-state index in [0.717, 1.165) is 0 Å². The molecule has 16 nitrogen and oxygen atoms in total. The van der Waals surface area contributed by atoms with Crippen LogP contribution < -0.4 is 22.5 Å². The van der Waals surface area contributed by atoms with E-state index in [-0.39, 0.29) is 39.1 Å². The highest BCUT2D eigenvalue weighted by Crippen LogP contribution is 2.42. The molecule has 0 bridgehead atoms. The van der Waals surface area contributed by atoms with Gasteiger partial charge in [0, 0.05) is 36.4 Å². The molecule has 2 aliphatic rings. The van der Waals surface area contributed by atoms with E-state index < -0.39 is 68.0 Å². The molecule has 0 aliphatic carbocycles. The van der Waals surface area contributed by atoms with Crippen LogP contribution in [0, 0.1) is 25.2 Å². The Kier molecular flexibility index (Phi) is 9.82. The number of nitriles is 1.